The molecule has 4 aromatic rings. The van der Waals surface area contributed by atoms with E-state index in [0.717, 1.165) is 11.1 Å². The summed E-state index contributed by atoms with van der Waals surface area (Å²) in [5, 5.41) is 0.768. The molecule has 3 aliphatic carbocycles. The molecule has 0 aromatic heterocycles. The van der Waals surface area contributed by atoms with E-state index in [1.165, 1.54) is 23.3 Å². The maximum atomic E-state index is 13.7. The van der Waals surface area contributed by atoms with Gasteiger partial charge in [0.2, 0.25) is 0 Å². The van der Waals surface area contributed by atoms with Crippen LogP contribution in [0.3, 0.4) is 0 Å². The van der Waals surface area contributed by atoms with Gasteiger partial charge in [0.1, 0.15) is 10.6 Å². The van der Waals surface area contributed by atoms with Crippen LogP contribution in [0.15, 0.2) is 89.8 Å². The molecule has 0 fully saturated rings. The lowest BCUT2D eigenvalue weighted by Crippen LogP contribution is -2.43. The highest BCUT2D eigenvalue weighted by molar-refractivity contribution is 7.86. The summed E-state index contributed by atoms with van der Waals surface area (Å²) in [5.41, 5.74) is 4.87. The van der Waals surface area contributed by atoms with E-state index in [9.17, 15) is 17.8 Å². The summed E-state index contributed by atoms with van der Waals surface area (Å²) in [6.45, 7) is 2.11. The summed E-state index contributed by atoms with van der Waals surface area (Å²) in [5.74, 6) is -0.406. The molecule has 0 saturated heterocycles. The molecule has 1 N–H and O–H groups in total. The smallest absolute Gasteiger partial charge is 0.315 e. The van der Waals surface area contributed by atoms with Crippen molar-refractivity contribution in [2.45, 2.75) is 23.7 Å². The predicted molar refractivity (Wildman–Crippen MR) is 129 cm³/mol. The minimum atomic E-state index is -4.42. The van der Waals surface area contributed by atoms with Crippen LogP contribution in [0.2, 0.25) is 0 Å². The van der Waals surface area contributed by atoms with Crippen molar-refractivity contribution in [3.05, 3.63) is 107 Å². The van der Waals surface area contributed by atoms with Crippen LogP contribution in [0.4, 0.5) is 0 Å². The number of carbonyl (C=O) groups excluding carboxylic acids is 1. The van der Waals surface area contributed by atoms with Gasteiger partial charge in [0.25, 0.3) is 10.1 Å². The molecule has 5 nitrogen and oxygen atoms in total. The Morgan fingerprint density at radius 3 is 1.79 bits per heavy atom. The lowest BCUT2D eigenvalue weighted by atomic mass is 9.54. The van der Waals surface area contributed by atoms with E-state index in [0.29, 0.717) is 10.8 Å². The molecule has 0 aliphatic heterocycles. The SMILES string of the molecule is CC1C2c3ccccc3C(c3ccccc32)C1C(=O)Oc1ccc(S(=O)(=O)O)c2ccccc12. The summed E-state index contributed by atoms with van der Waals surface area (Å²) in [6.07, 6.45) is 0. The summed E-state index contributed by atoms with van der Waals surface area (Å²) in [4.78, 5) is 13.5. The molecule has 34 heavy (non-hydrogen) atoms. The molecular formula is C28H22O5S. The lowest BCUT2D eigenvalue weighted by Gasteiger charge is -2.48. The van der Waals surface area contributed by atoms with Crippen molar-refractivity contribution in [1.29, 1.82) is 0 Å². The largest absolute Gasteiger partial charge is 0.426 e. The summed E-state index contributed by atoms with van der Waals surface area (Å²) < 4.78 is 39.3. The van der Waals surface area contributed by atoms with E-state index in [1.54, 1.807) is 24.3 Å². The number of hydrogen-bond donors (Lipinski definition) is 1. The highest BCUT2D eigenvalue weighted by Gasteiger charge is 2.51. The van der Waals surface area contributed by atoms with Crippen molar-refractivity contribution in [3.8, 4) is 5.75 Å². The third-order valence-corrected chi connectivity index (χ3v) is 8.30. The standard InChI is InChI=1S/C28H22O5S/c1-16-25-19-10-4-6-12-21(19)27(22-13-7-5-11-20(22)25)26(16)28(29)33-23-14-15-24(34(30,31)32)18-9-3-2-8-17(18)23/h2-16,25-27H,1H3,(H,30,31,32). The second kappa shape index (κ2) is 7.52. The van der Waals surface area contributed by atoms with Crippen molar-refractivity contribution in [1.82, 2.24) is 0 Å². The van der Waals surface area contributed by atoms with Gasteiger partial charge in [-0.3, -0.25) is 9.35 Å². The van der Waals surface area contributed by atoms with Crippen LogP contribution in [0.25, 0.3) is 10.8 Å². The Hall–Kier alpha value is -3.48. The molecule has 0 heterocycles. The van der Waals surface area contributed by atoms with Crippen LogP contribution in [0, 0.1) is 11.8 Å². The molecule has 0 radical (unpaired) electrons. The van der Waals surface area contributed by atoms with Crippen LogP contribution in [-0.4, -0.2) is 18.9 Å². The number of benzene rings is 4. The van der Waals surface area contributed by atoms with E-state index in [1.807, 2.05) is 24.3 Å². The summed E-state index contributed by atoms with van der Waals surface area (Å²) in [6, 6.07) is 26.1. The zero-order chi connectivity index (χ0) is 23.6. The summed E-state index contributed by atoms with van der Waals surface area (Å²) in [7, 11) is -4.42. The maximum absolute atomic E-state index is 13.7. The van der Waals surface area contributed by atoms with E-state index in [2.05, 4.69) is 31.2 Å². The number of fused-ring (bicyclic) bond motifs is 2. The first-order chi connectivity index (χ1) is 16.4. The van der Waals surface area contributed by atoms with E-state index >= 15 is 0 Å². The normalized spacial score (nSPS) is 22.8. The molecule has 0 amide bonds. The van der Waals surface area contributed by atoms with Crippen molar-refractivity contribution in [2.24, 2.45) is 11.8 Å². The minimum Gasteiger partial charge on any atom is -0.426 e. The molecule has 0 spiro atoms. The molecule has 3 aliphatic rings. The predicted octanol–water partition coefficient (Wildman–Crippen LogP) is 5.54. The zero-order valence-corrected chi connectivity index (χ0v) is 19.2. The Balaban J connectivity index is 1.44. The molecule has 7 rings (SSSR count). The van der Waals surface area contributed by atoms with Crippen molar-refractivity contribution in [3.63, 3.8) is 0 Å². The van der Waals surface area contributed by atoms with Gasteiger partial charge < -0.3 is 4.74 Å². The Bertz CT molecular complexity index is 1530. The second-order valence-corrected chi connectivity index (χ2v) is 10.5. The highest BCUT2D eigenvalue weighted by Crippen LogP contribution is 2.58. The van der Waals surface area contributed by atoms with Crippen molar-refractivity contribution < 1.29 is 22.5 Å². The third kappa shape index (κ3) is 3.02. The van der Waals surface area contributed by atoms with Crippen LogP contribution in [0.1, 0.15) is 41.0 Å². The molecule has 170 valence electrons. The van der Waals surface area contributed by atoms with E-state index < -0.39 is 10.1 Å². The van der Waals surface area contributed by atoms with Crippen molar-refractivity contribution >= 4 is 26.9 Å². The minimum absolute atomic E-state index is 0.0330. The number of ether oxygens (including phenoxy) is 1. The average Bonchev–Trinajstić information content (AvgIpc) is 2.83. The second-order valence-electron chi connectivity index (χ2n) is 9.10. The molecule has 2 unspecified atom stereocenters. The van der Waals surface area contributed by atoms with Crippen molar-refractivity contribution in [2.75, 3.05) is 0 Å². The Morgan fingerprint density at radius 1 is 0.735 bits per heavy atom. The van der Waals surface area contributed by atoms with Gasteiger partial charge in [-0.15, -0.1) is 0 Å². The Labute approximate surface area is 197 Å². The van der Waals surface area contributed by atoms with Crippen LogP contribution in [-0.2, 0) is 14.9 Å². The fourth-order valence-corrected chi connectivity index (χ4v) is 6.73. The fraction of sp³-hybridized carbons (Fsp3) is 0.179. The lowest BCUT2D eigenvalue weighted by molar-refractivity contribution is -0.142. The molecule has 2 atom stereocenters. The van der Waals surface area contributed by atoms with Gasteiger partial charge in [-0.05, 0) is 40.3 Å². The molecule has 4 aromatic carbocycles. The fourth-order valence-electron chi connectivity index (χ4n) is 6.04. The van der Waals surface area contributed by atoms with Gasteiger partial charge in [-0.2, -0.15) is 8.42 Å². The molecule has 0 saturated carbocycles. The van der Waals surface area contributed by atoms with Gasteiger partial charge in [0.05, 0.1) is 5.92 Å². The monoisotopic (exact) mass is 470 g/mol. The topological polar surface area (TPSA) is 80.7 Å². The van der Waals surface area contributed by atoms with Gasteiger partial charge >= 0.3 is 5.97 Å². The zero-order valence-electron chi connectivity index (χ0n) is 18.4. The maximum Gasteiger partial charge on any atom is 0.315 e. The van der Waals surface area contributed by atoms with E-state index in [-0.39, 0.29) is 40.3 Å². The van der Waals surface area contributed by atoms with Crippen LogP contribution in [0.5, 0.6) is 5.75 Å². The quantitative estimate of drug-likeness (QED) is 0.242. The molecular weight excluding hydrogens is 448 g/mol. The number of esters is 1. The van der Waals surface area contributed by atoms with E-state index in [4.69, 9.17) is 4.74 Å². The molecule has 2 bridgehead atoms. The van der Waals surface area contributed by atoms with Gasteiger partial charge in [0.15, 0.2) is 0 Å². The van der Waals surface area contributed by atoms with Crippen LogP contribution >= 0.6 is 0 Å². The van der Waals surface area contributed by atoms with Gasteiger partial charge in [-0.25, -0.2) is 0 Å². The molecule has 6 heteroatoms. The number of carbonyl (C=O) groups is 1. The summed E-state index contributed by atoms with van der Waals surface area (Å²) >= 11 is 0. The van der Waals surface area contributed by atoms with Gasteiger partial charge in [0, 0.05) is 22.6 Å². The highest BCUT2D eigenvalue weighted by atomic mass is 32.2. The van der Waals surface area contributed by atoms with Gasteiger partial charge in [-0.1, -0.05) is 79.7 Å². The first kappa shape index (κ1) is 21.1. The Kier molecular flexibility index (Phi) is 4.66. The van der Waals surface area contributed by atoms with Crippen LogP contribution < -0.4 is 4.74 Å². The number of rotatable bonds is 3. The number of hydrogen-bond acceptors (Lipinski definition) is 4. The Morgan fingerprint density at radius 2 is 1.24 bits per heavy atom. The third-order valence-electron chi connectivity index (χ3n) is 7.39. The first-order valence-corrected chi connectivity index (χ1v) is 12.7. The average molecular weight is 471 g/mol. The first-order valence-electron chi connectivity index (χ1n) is 11.2.